The highest BCUT2D eigenvalue weighted by Crippen LogP contribution is 2.13. The fourth-order valence-corrected chi connectivity index (χ4v) is 1.59. The van der Waals surface area contributed by atoms with Crippen molar-refractivity contribution in [2.24, 2.45) is 5.92 Å². The van der Waals surface area contributed by atoms with Crippen LogP contribution in [0.25, 0.3) is 0 Å². The van der Waals surface area contributed by atoms with Crippen molar-refractivity contribution in [3.05, 3.63) is 29.8 Å². The number of benzene rings is 1. The van der Waals surface area contributed by atoms with Gasteiger partial charge in [0.25, 0.3) is 5.91 Å². The van der Waals surface area contributed by atoms with E-state index in [0.717, 1.165) is 17.9 Å². The Kier molecular flexibility index (Phi) is 7.09. The minimum absolute atomic E-state index is 0.0633. The fourth-order valence-electron chi connectivity index (χ4n) is 1.59. The zero-order chi connectivity index (χ0) is 15.0. The zero-order valence-corrected chi connectivity index (χ0v) is 12.9. The topological polar surface area (TPSA) is 50.4 Å². The van der Waals surface area contributed by atoms with Crippen LogP contribution in [0.15, 0.2) is 24.3 Å². The van der Waals surface area contributed by atoms with Crippen molar-refractivity contribution in [3.63, 3.8) is 0 Å². The standard InChI is InChI=1S/C16H26N2O2/c1-12(2)9-18-16(19)11-20-15-7-5-6-14(8-15)10-17-13(3)4/h5-8,12-13,17H,9-11H2,1-4H3,(H,18,19). The Morgan fingerprint density at radius 2 is 2.00 bits per heavy atom. The molecule has 4 heteroatoms. The predicted octanol–water partition coefficient (Wildman–Crippen LogP) is 2.34. The molecular formula is C16H26N2O2. The van der Waals surface area contributed by atoms with Crippen LogP contribution >= 0.6 is 0 Å². The van der Waals surface area contributed by atoms with Crippen LogP contribution < -0.4 is 15.4 Å². The highest BCUT2D eigenvalue weighted by atomic mass is 16.5. The van der Waals surface area contributed by atoms with Crippen molar-refractivity contribution >= 4 is 5.91 Å². The first-order valence-corrected chi connectivity index (χ1v) is 7.19. The van der Waals surface area contributed by atoms with Gasteiger partial charge in [0, 0.05) is 19.1 Å². The Labute approximate surface area is 121 Å². The molecule has 0 aromatic heterocycles. The quantitative estimate of drug-likeness (QED) is 0.767. The van der Waals surface area contributed by atoms with E-state index in [1.165, 1.54) is 0 Å². The number of carbonyl (C=O) groups excluding carboxylic acids is 1. The minimum Gasteiger partial charge on any atom is -0.484 e. The lowest BCUT2D eigenvalue weighted by Crippen LogP contribution is -2.31. The lowest BCUT2D eigenvalue weighted by molar-refractivity contribution is -0.123. The maximum Gasteiger partial charge on any atom is 0.257 e. The SMILES string of the molecule is CC(C)CNC(=O)COc1cccc(CNC(C)C)c1. The van der Waals surface area contributed by atoms with Gasteiger partial charge in [-0.15, -0.1) is 0 Å². The molecule has 0 fully saturated rings. The average Bonchev–Trinajstić information content (AvgIpc) is 2.41. The summed E-state index contributed by atoms with van der Waals surface area (Å²) in [6, 6.07) is 8.26. The van der Waals surface area contributed by atoms with E-state index < -0.39 is 0 Å². The van der Waals surface area contributed by atoms with E-state index in [1.54, 1.807) is 0 Å². The minimum atomic E-state index is -0.0793. The molecule has 2 N–H and O–H groups in total. The van der Waals surface area contributed by atoms with Gasteiger partial charge in [0.1, 0.15) is 5.75 Å². The van der Waals surface area contributed by atoms with Crippen LogP contribution in [0.4, 0.5) is 0 Å². The molecule has 20 heavy (non-hydrogen) atoms. The van der Waals surface area contributed by atoms with E-state index >= 15 is 0 Å². The Morgan fingerprint density at radius 1 is 1.25 bits per heavy atom. The van der Waals surface area contributed by atoms with Gasteiger partial charge in [-0.3, -0.25) is 4.79 Å². The first kappa shape index (κ1) is 16.5. The normalized spacial score (nSPS) is 10.9. The van der Waals surface area contributed by atoms with Gasteiger partial charge >= 0.3 is 0 Å². The van der Waals surface area contributed by atoms with Crippen LogP contribution in [0.1, 0.15) is 33.3 Å². The molecule has 0 saturated heterocycles. The summed E-state index contributed by atoms with van der Waals surface area (Å²) < 4.78 is 5.51. The van der Waals surface area contributed by atoms with Crippen LogP contribution in [-0.4, -0.2) is 25.1 Å². The van der Waals surface area contributed by atoms with Crippen molar-refractivity contribution in [1.82, 2.24) is 10.6 Å². The van der Waals surface area contributed by atoms with Gasteiger partial charge in [-0.05, 0) is 23.6 Å². The second-order valence-electron chi connectivity index (χ2n) is 5.67. The van der Waals surface area contributed by atoms with Crippen LogP contribution in [0.3, 0.4) is 0 Å². The summed E-state index contributed by atoms with van der Waals surface area (Å²) >= 11 is 0. The molecule has 0 aliphatic carbocycles. The third-order valence-corrected chi connectivity index (χ3v) is 2.69. The highest BCUT2D eigenvalue weighted by Gasteiger charge is 2.04. The molecular weight excluding hydrogens is 252 g/mol. The molecule has 4 nitrogen and oxygen atoms in total. The number of ether oxygens (including phenoxy) is 1. The van der Waals surface area contributed by atoms with Gasteiger partial charge in [0.15, 0.2) is 6.61 Å². The van der Waals surface area contributed by atoms with Crippen LogP contribution in [0.5, 0.6) is 5.75 Å². The molecule has 0 aliphatic heterocycles. The van der Waals surface area contributed by atoms with Gasteiger partial charge in [-0.1, -0.05) is 39.8 Å². The van der Waals surface area contributed by atoms with E-state index in [2.05, 4.69) is 38.3 Å². The number of nitrogens with one attached hydrogen (secondary N) is 2. The lowest BCUT2D eigenvalue weighted by Gasteiger charge is -2.11. The fraction of sp³-hybridized carbons (Fsp3) is 0.562. The van der Waals surface area contributed by atoms with E-state index in [1.807, 2.05) is 24.3 Å². The van der Waals surface area contributed by atoms with Crippen LogP contribution in [0, 0.1) is 5.92 Å². The van der Waals surface area contributed by atoms with Gasteiger partial charge in [-0.25, -0.2) is 0 Å². The smallest absolute Gasteiger partial charge is 0.257 e. The Balaban J connectivity index is 2.40. The second kappa shape index (κ2) is 8.59. The van der Waals surface area contributed by atoms with Crippen molar-refractivity contribution in [3.8, 4) is 5.75 Å². The molecule has 1 aromatic carbocycles. The summed E-state index contributed by atoms with van der Waals surface area (Å²) in [7, 11) is 0. The van der Waals surface area contributed by atoms with Crippen molar-refractivity contribution < 1.29 is 9.53 Å². The molecule has 0 heterocycles. The summed E-state index contributed by atoms with van der Waals surface area (Å²) in [4.78, 5) is 11.6. The second-order valence-corrected chi connectivity index (χ2v) is 5.67. The molecule has 0 aliphatic rings. The van der Waals surface area contributed by atoms with Crippen molar-refractivity contribution in [2.45, 2.75) is 40.3 Å². The van der Waals surface area contributed by atoms with Gasteiger partial charge in [-0.2, -0.15) is 0 Å². The molecule has 0 spiro atoms. The van der Waals surface area contributed by atoms with Crippen molar-refractivity contribution in [2.75, 3.05) is 13.2 Å². The van der Waals surface area contributed by atoms with Crippen LogP contribution in [-0.2, 0) is 11.3 Å². The van der Waals surface area contributed by atoms with Gasteiger partial charge in [0.05, 0.1) is 0 Å². The molecule has 1 amide bonds. The van der Waals surface area contributed by atoms with Gasteiger partial charge < -0.3 is 15.4 Å². The van der Waals surface area contributed by atoms with E-state index in [-0.39, 0.29) is 12.5 Å². The van der Waals surface area contributed by atoms with E-state index in [4.69, 9.17) is 4.74 Å². The number of carbonyl (C=O) groups is 1. The number of amides is 1. The summed E-state index contributed by atoms with van der Waals surface area (Å²) in [6.07, 6.45) is 0. The molecule has 0 radical (unpaired) electrons. The number of hydrogen-bond acceptors (Lipinski definition) is 3. The van der Waals surface area contributed by atoms with Gasteiger partial charge in [0.2, 0.25) is 0 Å². The Bertz CT molecular complexity index is 417. The number of hydrogen-bond donors (Lipinski definition) is 2. The first-order valence-electron chi connectivity index (χ1n) is 7.19. The molecule has 112 valence electrons. The monoisotopic (exact) mass is 278 g/mol. The molecule has 1 rings (SSSR count). The van der Waals surface area contributed by atoms with Crippen molar-refractivity contribution in [1.29, 1.82) is 0 Å². The molecule has 1 aromatic rings. The van der Waals surface area contributed by atoms with E-state index in [0.29, 0.717) is 18.5 Å². The first-order chi connectivity index (χ1) is 9.47. The molecule has 0 atom stereocenters. The lowest BCUT2D eigenvalue weighted by atomic mass is 10.2. The Hall–Kier alpha value is -1.55. The summed E-state index contributed by atoms with van der Waals surface area (Å²) in [5, 5.41) is 6.18. The molecule has 0 bridgehead atoms. The van der Waals surface area contributed by atoms with Crippen LogP contribution in [0.2, 0.25) is 0 Å². The zero-order valence-electron chi connectivity index (χ0n) is 12.9. The summed E-state index contributed by atoms with van der Waals surface area (Å²) in [5.41, 5.74) is 1.15. The van der Waals surface area contributed by atoms with E-state index in [9.17, 15) is 4.79 Å². The maximum absolute atomic E-state index is 11.6. The number of rotatable bonds is 8. The average molecular weight is 278 g/mol. The molecule has 0 saturated carbocycles. The summed E-state index contributed by atoms with van der Waals surface area (Å²) in [5.74, 6) is 1.10. The summed E-state index contributed by atoms with van der Waals surface area (Å²) in [6.45, 7) is 9.89. The molecule has 0 unspecified atom stereocenters. The Morgan fingerprint density at radius 3 is 2.65 bits per heavy atom. The third-order valence-electron chi connectivity index (χ3n) is 2.69. The predicted molar refractivity (Wildman–Crippen MR) is 81.8 cm³/mol. The largest absolute Gasteiger partial charge is 0.484 e. The highest BCUT2D eigenvalue weighted by molar-refractivity contribution is 5.77. The maximum atomic E-state index is 11.6. The third kappa shape index (κ3) is 7.14.